The molecule has 0 spiro atoms. The van der Waals surface area contributed by atoms with Crippen LogP contribution in [0.15, 0.2) is 41.3 Å². The molecular weight excluding hydrogens is 288 g/mol. The van der Waals surface area contributed by atoms with E-state index in [2.05, 4.69) is 15.5 Å². The van der Waals surface area contributed by atoms with Crippen molar-refractivity contribution >= 4 is 11.6 Å². The van der Waals surface area contributed by atoms with Crippen molar-refractivity contribution in [3.8, 4) is 0 Å². The lowest BCUT2D eigenvalue weighted by Gasteiger charge is -2.09. The molecule has 0 aliphatic rings. The van der Waals surface area contributed by atoms with Crippen molar-refractivity contribution in [2.45, 2.75) is 26.3 Å². The van der Waals surface area contributed by atoms with Gasteiger partial charge < -0.3 is 10.5 Å². The number of amides is 1. The summed E-state index contributed by atoms with van der Waals surface area (Å²) in [6, 6.07) is 2.22. The van der Waals surface area contributed by atoms with E-state index in [9.17, 15) is 14.9 Å². The van der Waals surface area contributed by atoms with Gasteiger partial charge in [0.2, 0.25) is 6.04 Å². The van der Waals surface area contributed by atoms with Crippen LogP contribution < -0.4 is 5.32 Å². The molecular formula is C14H18N4O4. The second-order valence-electron chi connectivity index (χ2n) is 4.54. The highest BCUT2D eigenvalue weighted by molar-refractivity contribution is 6.01. The third-order valence-corrected chi connectivity index (χ3v) is 3.11. The summed E-state index contributed by atoms with van der Waals surface area (Å²) in [5.41, 5.74) is 1.08. The van der Waals surface area contributed by atoms with Crippen LogP contribution in [0, 0.1) is 10.1 Å². The zero-order valence-electron chi connectivity index (χ0n) is 12.4. The Kier molecular flexibility index (Phi) is 6.68. The third kappa shape index (κ3) is 4.97. The zero-order chi connectivity index (χ0) is 16.5. The maximum atomic E-state index is 11.9. The van der Waals surface area contributed by atoms with Crippen LogP contribution in [0.1, 0.15) is 30.6 Å². The lowest BCUT2D eigenvalue weighted by Crippen LogP contribution is -2.29. The molecule has 0 aliphatic carbocycles. The Hall–Kier alpha value is -2.77. The van der Waals surface area contributed by atoms with Crippen LogP contribution in [0.4, 0.5) is 0 Å². The highest BCUT2D eigenvalue weighted by Crippen LogP contribution is 2.10. The van der Waals surface area contributed by atoms with E-state index in [0.717, 1.165) is 0 Å². The minimum absolute atomic E-state index is 0.0361. The number of hydrogen-bond donors (Lipinski definition) is 2. The molecule has 8 heteroatoms. The number of aromatic nitrogens is 1. The van der Waals surface area contributed by atoms with E-state index in [4.69, 9.17) is 5.21 Å². The summed E-state index contributed by atoms with van der Waals surface area (Å²) in [6.45, 7) is 3.20. The number of rotatable bonds is 7. The van der Waals surface area contributed by atoms with Gasteiger partial charge in [0, 0.05) is 35.4 Å². The average Bonchev–Trinajstić information content (AvgIpc) is 2.55. The van der Waals surface area contributed by atoms with Gasteiger partial charge in [-0.1, -0.05) is 12.1 Å². The number of pyridine rings is 1. The molecule has 2 N–H and O–H groups in total. The van der Waals surface area contributed by atoms with E-state index in [1.165, 1.54) is 25.4 Å². The highest BCUT2D eigenvalue weighted by atomic mass is 16.6. The molecule has 8 nitrogen and oxygen atoms in total. The SMILES string of the molecule is CCC(=CC(CNC(=O)c1ccncc1)=NO)C(C)[N+](=O)[O-]. The number of carbonyl (C=O) groups excluding carboxylic acids is 1. The number of nitrogens with zero attached hydrogens (tertiary/aromatic N) is 3. The van der Waals surface area contributed by atoms with Crippen LogP contribution in [0.25, 0.3) is 0 Å². The summed E-state index contributed by atoms with van der Waals surface area (Å²) in [6.07, 6.45) is 4.85. The Morgan fingerprint density at radius 2 is 2.18 bits per heavy atom. The van der Waals surface area contributed by atoms with E-state index < -0.39 is 11.0 Å². The second kappa shape index (κ2) is 8.50. The van der Waals surface area contributed by atoms with Crippen molar-refractivity contribution in [2.75, 3.05) is 6.54 Å². The van der Waals surface area contributed by atoms with Crippen LogP contribution in [0.2, 0.25) is 0 Å². The van der Waals surface area contributed by atoms with Crippen molar-refractivity contribution in [1.82, 2.24) is 10.3 Å². The van der Waals surface area contributed by atoms with Gasteiger partial charge in [-0.3, -0.25) is 19.9 Å². The topological polar surface area (TPSA) is 118 Å². The summed E-state index contributed by atoms with van der Waals surface area (Å²) in [5, 5.41) is 25.4. The maximum absolute atomic E-state index is 11.9. The quantitative estimate of drug-likeness (QED) is 0.343. The molecule has 0 saturated carbocycles. The van der Waals surface area contributed by atoms with Crippen LogP contribution in [0.5, 0.6) is 0 Å². The van der Waals surface area contributed by atoms with Crippen molar-refractivity contribution < 1.29 is 14.9 Å². The Labute approximate surface area is 127 Å². The molecule has 0 saturated heterocycles. The molecule has 1 amide bonds. The van der Waals surface area contributed by atoms with Gasteiger partial charge in [0.05, 0.1) is 12.3 Å². The van der Waals surface area contributed by atoms with Crippen LogP contribution in [-0.2, 0) is 0 Å². The van der Waals surface area contributed by atoms with Crippen molar-refractivity contribution in [3.63, 3.8) is 0 Å². The summed E-state index contributed by atoms with van der Waals surface area (Å²) >= 11 is 0. The minimum Gasteiger partial charge on any atom is -0.411 e. The monoisotopic (exact) mass is 306 g/mol. The molecule has 0 bridgehead atoms. The van der Waals surface area contributed by atoms with Gasteiger partial charge in [-0.05, 0) is 24.6 Å². The minimum atomic E-state index is -0.877. The van der Waals surface area contributed by atoms with E-state index in [-0.39, 0.29) is 18.2 Å². The second-order valence-corrected chi connectivity index (χ2v) is 4.54. The molecule has 1 rings (SSSR count). The Bertz CT molecular complexity index is 584. The first kappa shape index (κ1) is 17.3. The molecule has 0 aromatic carbocycles. The molecule has 1 aromatic heterocycles. The lowest BCUT2D eigenvalue weighted by atomic mass is 10.0. The summed E-state index contributed by atoms with van der Waals surface area (Å²) in [4.78, 5) is 26.1. The molecule has 1 unspecified atom stereocenters. The molecule has 0 fully saturated rings. The number of nitrogens with one attached hydrogen (secondary N) is 1. The number of nitro groups is 1. The van der Waals surface area contributed by atoms with E-state index in [0.29, 0.717) is 17.6 Å². The van der Waals surface area contributed by atoms with Gasteiger partial charge in [-0.2, -0.15) is 0 Å². The van der Waals surface area contributed by atoms with Gasteiger partial charge in [-0.25, -0.2) is 0 Å². The van der Waals surface area contributed by atoms with Gasteiger partial charge in [0.1, 0.15) is 0 Å². The molecule has 1 aromatic rings. The standard InChI is InChI=1S/C14H18N4O4/c1-3-11(10(2)18(21)22)8-13(17-20)9-16-14(19)12-4-6-15-7-5-12/h4-8,10,20H,3,9H2,1-2H3,(H,16,19). The van der Waals surface area contributed by atoms with Crippen LogP contribution >= 0.6 is 0 Å². The van der Waals surface area contributed by atoms with E-state index >= 15 is 0 Å². The molecule has 118 valence electrons. The largest absolute Gasteiger partial charge is 0.411 e. The average molecular weight is 306 g/mol. The van der Waals surface area contributed by atoms with Gasteiger partial charge in [-0.15, -0.1) is 0 Å². The van der Waals surface area contributed by atoms with Gasteiger partial charge >= 0.3 is 0 Å². The zero-order valence-corrected chi connectivity index (χ0v) is 12.4. The maximum Gasteiger partial charge on any atom is 0.251 e. The molecule has 1 atom stereocenters. The normalized spacial score (nSPS) is 13.5. The van der Waals surface area contributed by atoms with Crippen molar-refractivity contribution in [2.24, 2.45) is 5.16 Å². The Morgan fingerprint density at radius 3 is 2.68 bits per heavy atom. The fraction of sp³-hybridized carbons (Fsp3) is 0.357. The fourth-order valence-corrected chi connectivity index (χ4v) is 1.76. The molecule has 0 radical (unpaired) electrons. The predicted octanol–water partition coefficient (Wildman–Crippen LogP) is 1.64. The van der Waals surface area contributed by atoms with Gasteiger partial charge in [0.15, 0.2) is 0 Å². The van der Waals surface area contributed by atoms with Crippen LogP contribution in [-0.4, -0.2) is 39.3 Å². The van der Waals surface area contributed by atoms with Crippen LogP contribution in [0.3, 0.4) is 0 Å². The Morgan fingerprint density at radius 1 is 1.55 bits per heavy atom. The van der Waals surface area contributed by atoms with Crippen molar-refractivity contribution in [1.29, 1.82) is 0 Å². The third-order valence-electron chi connectivity index (χ3n) is 3.11. The highest BCUT2D eigenvalue weighted by Gasteiger charge is 2.18. The molecule has 1 heterocycles. The van der Waals surface area contributed by atoms with E-state index in [1.54, 1.807) is 19.1 Å². The first-order chi connectivity index (χ1) is 10.5. The smallest absolute Gasteiger partial charge is 0.251 e. The predicted molar refractivity (Wildman–Crippen MR) is 80.6 cm³/mol. The number of oxime groups is 1. The number of carbonyl (C=O) groups is 1. The molecule has 0 aliphatic heterocycles. The summed E-state index contributed by atoms with van der Waals surface area (Å²) < 4.78 is 0. The summed E-state index contributed by atoms with van der Waals surface area (Å²) in [5.74, 6) is -0.350. The first-order valence-corrected chi connectivity index (χ1v) is 6.72. The Balaban J connectivity index is 2.73. The summed E-state index contributed by atoms with van der Waals surface area (Å²) in [7, 11) is 0. The fourth-order valence-electron chi connectivity index (χ4n) is 1.76. The van der Waals surface area contributed by atoms with E-state index in [1.807, 2.05) is 0 Å². The molecule has 22 heavy (non-hydrogen) atoms. The van der Waals surface area contributed by atoms with Gasteiger partial charge in [0.25, 0.3) is 5.91 Å². The lowest BCUT2D eigenvalue weighted by molar-refractivity contribution is -0.507. The first-order valence-electron chi connectivity index (χ1n) is 6.72. The van der Waals surface area contributed by atoms with Crippen molar-refractivity contribution in [3.05, 3.63) is 51.9 Å². The number of hydrogen-bond acceptors (Lipinski definition) is 6.